The van der Waals surface area contributed by atoms with Crippen molar-refractivity contribution in [2.45, 2.75) is 32.4 Å². The number of carbonyl (C=O) groups excluding carboxylic acids is 1. The van der Waals surface area contributed by atoms with Gasteiger partial charge in [0, 0.05) is 54.6 Å². The van der Waals surface area contributed by atoms with Gasteiger partial charge in [0.2, 0.25) is 11.8 Å². The zero-order chi connectivity index (χ0) is 24.4. The Hall–Kier alpha value is -4.06. The lowest BCUT2D eigenvalue weighted by molar-refractivity contribution is -0.111. The smallest absolute Gasteiger partial charge is 0.247 e. The molecule has 1 aliphatic heterocycles. The van der Waals surface area contributed by atoms with Crippen molar-refractivity contribution in [3.05, 3.63) is 85.2 Å². The zero-order valence-electron chi connectivity index (χ0n) is 20.2. The summed E-state index contributed by atoms with van der Waals surface area (Å²) in [5.41, 5.74) is 6.16. The molecule has 5 rings (SSSR count). The van der Waals surface area contributed by atoms with Crippen LogP contribution in [0.15, 0.2) is 79.6 Å². The number of ether oxygens (including phenoxy) is 1. The van der Waals surface area contributed by atoms with Crippen LogP contribution in [-0.2, 0) is 18.4 Å². The Labute approximate surface area is 205 Å². The first-order valence-corrected chi connectivity index (χ1v) is 12.0. The highest BCUT2D eigenvalue weighted by Crippen LogP contribution is 2.34. The number of pyridine rings is 1. The quantitative estimate of drug-likeness (QED) is 0.343. The first-order chi connectivity index (χ1) is 17.0. The maximum atomic E-state index is 12.1. The number of carbonyl (C=O) groups is 1. The molecule has 0 bridgehead atoms. The standard InChI is InChI=1S/C29H30N4O2/c1-4-28(34)31-25-16-21(11-12-27(25)33-15-7-8-20(33)2)19-35-29-17-22(13-14-30-29)24-18-32(3)26-10-6-5-9-23(24)26/h4-6,9-14,16-18,20H,1,7-8,15,19H2,2-3H3,(H,31,34). The normalized spacial score (nSPS) is 15.4. The molecule has 0 saturated carbocycles. The highest BCUT2D eigenvalue weighted by atomic mass is 16.5. The van der Waals surface area contributed by atoms with Crippen LogP contribution in [0.25, 0.3) is 22.0 Å². The number of rotatable bonds is 7. The van der Waals surface area contributed by atoms with E-state index in [9.17, 15) is 4.79 Å². The third-order valence-corrected chi connectivity index (χ3v) is 6.70. The lowest BCUT2D eigenvalue weighted by Gasteiger charge is -2.27. The van der Waals surface area contributed by atoms with Crippen LogP contribution in [0.3, 0.4) is 0 Å². The molecular formula is C29H30N4O2. The van der Waals surface area contributed by atoms with Crippen molar-refractivity contribution in [1.29, 1.82) is 0 Å². The third kappa shape index (κ3) is 4.64. The van der Waals surface area contributed by atoms with Crippen LogP contribution in [0.1, 0.15) is 25.3 Å². The Balaban J connectivity index is 1.38. The van der Waals surface area contributed by atoms with Crippen molar-refractivity contribution >= 4 is 28.2 Å². The second-order valence-electron chi connectivity index (χ2n) is 9.07. The Morgan fingerprint density at radius 1 is 1.23 bits per heavy atom. The number of nitrogens with zero attached hydrogens (tertiary/aromatic N) is 3. The number of aromatic nitrogens is 2. The van der Waals surface area contributed by atoms with E-state index in [4.69, 9.17) is 4.74 Å². The van der Waals surface area contributed by atoms with Crippen molar-refractivity contribution in [3.8, 4) is 17.0 Å². The minimum Gasteiger partial charge on any atom is -0.473 e. The van der Waals surface area contributed by atoms with Gasteiger partial charge in [-0.15, -0.1) is 0 Å². The first-order valence-electron chi connectivity index (χ1n) is 12.0. The van der Waals surface area contributed by atoms with Gasteiger partial charge in [-0.1, -0.05) is 30.8 Å². The van der Waals surface area contributed by atoms with E-state index in [0.717, 1.165) is 47.5 Å². The predicted molar refractivity (Wildman–Crippen MR) is 142 cm³/mol. The molecule has 1 fully saturated rings. The summed E-state index contributed by atoms with van der Waals surface area (Å²) >= 11 is 0. The highest BCUT2D eigenvalue weighted by Gasteiger charge is 2.23. The molecule has 2 aromatic carbocycles. The number of fused-ring (bicyclic) bond motifs is 1. The largest absolute Gasteiger partial charge is 0.473 e. The number of para-hydroxylation sites is 1. The van der Waals surface area contributed by atoms with Crippen LogP contribution in [-0.4, -0.2) is 28.0 Å². The van der Waals surface area contributed by atoms with E-state index in [2.05, 4.69) is 82.9 Å². The SMILES string of the molecule is C=CC(=O)Nc1cc(COc2cc(-c3cn(C)c4ccccc34)ccn2)ccc1N1CCCC1C. The van der Waals surface area contributed by atoms with E-state index in [1.807, 2.05) is 18.2 Å². The third-order valence-electron chi connectivity index (χ3n) is 6.70. The van der Waals surface area contributed by atoms with Crippen LogP contribution in [0.4, 0.5) is 11.4 Å². The molecule has 35 heavy (non-hydrogen) atoms. The Kier molecular flexibility index (Phi) is 6.27. The average Bonchev–Trinajstić information content (AvgIpc) is 3.46. The monoisotopic (exact) mass is 466 g/mol. The van der Waals surface area contributed by atoms with Gasteiger partial charge in [-0.05, 0) is 61.2 Å². The molecule has 6 heteroatoms. The second kappa shape index (κ2) is 9.66. The second-order valence-corrected chi connectivity index (χ2v) is 9.07. The summed E-state index contributed by atoms with van der Waals surface area (Å²) in [6.45, 7) is 7.14. The molecular weight excluding hydrogens is 436 g/mol. The van der Waals surface area contributed by atoms with Gasteiger partial charge in [0.25, 0.3) is 0 Å². The molecule has 1 atom stereocenters. The predicted octanol–water partition coefficient (Wildman–Crippen LogP) is 5.93. The Bertz CT molecular complexity index is 1390. The van der Waals surface area contributed by atoms with Crippen LogP contribution in [0, 0.1) is 0 Å². The lowest BCUT2D eigenvalue weighted by atomic mass is 10.1. The molecule has 1 saturated heterocycles. The van der Waals surface area contributed by atoms with Gasteiger partial charge in [-0.25, -0.2) is 4.98 Å². The number of hydrogen-bond donors (Lipinski definition) is 1. The topological polar surface area (TPSA) is 59.4 Å². The number of benzene rings is 2. The van der Waals surface area contributed by atoms with E-state index < -0.39 is 0 Å². The lowest BCUT2D eigenvalue weighted by Crippen LogP contribution is -2.27. The highest BCUT2D eigenvalue weighted by molar-refractivity contribution is 6.01. The fourth-order valence-corrected chi connectivity index (χ4v) is 4.88. The van der Waals surface area contributed by atoms with Crippen molar-refractivity contribution < 1.29 is 9.53 Å². The van der Waals surface area contributed by atoms with E-state index in [-0.39, 0.29) is 5.91 Å². The summed E-state index contributed by atoms with van der Waals surface area (Å²) in [5.74, 6) is 0.338. The summed E-state index contributed by atoms with van der Waals surface area (Å²) < 4.78 is 8.21. The maximum Gasteiger partial charge on any atom is 0.247 e. The first kappa shape index (κ1) is 22.7. The van der Waals surface area contributed by atoms with Gasteiger partial charge >= 0.3 is 0 Å². The Morgan fingerprint density at radius 2 is 2.09 bits per heavy atom. The number of hydrogen-bond acceptors (Lipinski definition) is 4. The van der Waals surface area contributed by atoms with Crippen LogP contribution in [0.2, 0.25) is 0 Å². The van der Waals surface area contributed by atoms with E-state index in [1.54, 1.807) is 6.20 Å². The van der Waals surface area contributed by atoms with E-state index >= 15 is 0 Å². The average molecular weight is 467 g/mol. The molecule has 3 heterocycles. The molecule has 1 unspecified atom stereocenters. The molecule has 1 aliphatic rings. The van der Waals surface area contributed by atoms with Crippen molar-refractivity contribution in [2.75, 3.05) is 16.8 Å². The fraction of sp³-hybridized carbons (Fsp3) is 0.241. The van der Waals surface area contributed by atoms with Gasteiger partial charge in [0.15, 0.2) is 0 Å². The van der Waals surface area contributed by atoms with E-state index in [1.165, 1.54) is 17.0 Å². The van der Waals surface area contributed by atoms with Gasteiger partial charge < -0.3 is 19.5 Å². The van der Waals surface area contributed by atoms with Crippen LogP contribution in [0.5, 0.6) is 5.88 Å². The van der Waals surface area contributed by atoms with Gasteiger partial charge in [0.1, 0.15) is 6.61 Å². The molecule has 178 valence electrons. The molecule has 0 spiro atoms. The summed E-state index contributed by atoms with van der Waals surface area (Å²) in [6, 6.07) is 18.9. The molecule has 6 nitrogen and oxygen atoms in total. The van der Waals surface area contributed by atoms with Gasteiger partial charge in [-0.2, -0.15) is 0 Å². The molecule has 0 radical (unpaired) electrons. The summed E-state index contributed by atoms with van der Waals surface area (Å²) in [6.07, 6.45) is 7.51. The van der Waals surface area contributed by atoms with Crippen molar-refractivity contribution in [2.24, 2.45) is 7.05 Å². The van der Waals surface area contributed by atoms with E-state index in [0.29, 0.717) is 18.5 Å². The molecule has 1 N–H and O–H groups in total. The van der Waals surface area contributed by atoms with Gasteiger partial charge in [0.05, 0.1) is 11.4 Å². The van der Waals surface area contributed by atoms with Crippen molar-refractivity contribution in [1.82, 2.24) is 9.55 Å². The van der Waals surface area contributed by atoms with Crippen molar-refractivity contribution in [3.63, 3.8) is 0 Å². The molecule has 0 aliphatic carbocycles. The molecule has 2 aromatic heterocycles. The maximum absolute atomic E-state index is 12.1. The van der Waals surface area contributed by atoms with Crippen LogP contribution >= 0.6 is 0 Å². The fourth-order valence-electron chi connectivity index (χ4n) is 4.88. The number of aryl methyl sites for hydroxylation is 1. The summed E-state index contributed by atoms with van der Waals surface area (Å²) in [7, 11) is 2.06. The molecule has 1 amide bonds. The minimum absolute atomic E-state index is 0.222. The minimum atomic E-state index is -0.222. The van der Waals surface area contributed by atoms with Gasteiger partial charge in [-0.3, -0.25) is 4.79 Å². The number of anilines is 2. The number of amides is 1. The summed E-state index contributed by atoms with van der Waals surface area (Å²) in [5, 5.41) is 4.17. The zero-order valence-corrected chi connectivity index (χ0v) is 20.2. The number of nitrogens with one attached hydrogen (secondary N) is 1. The molecule has 4 aromatic rings. The Morgan fingerprint density at radius 3 is 2.89 bits per heavy atom. The van der Waals surface area contributed by atoms with Crippen LogP contribution < -0.4 is 15.0 Å². The summed E-state index contributed by atoms with van der Waals surface area (Å²) in [4.78, 5) is 18.9.